The number of anilines is 1. The molecule has 2 aromatic rings. The fourth-order valence-corrected chi connectivity index (χ4v) is 4.18. The Kier molecular flexibility index (Phi) is 5.67. The third kappa shape index (κ3) is 3.41. The number of hydrogen-bond acceptors (Lipinski definition) is 7. The molecule has 1 N–H and O–H groups in total. The number of nitrogens with zero attached hydrogens (tertiary/aromatic N) is 4. The fourth-order valence-electron chi connectivity index (χ4n) is 3.82. The first-order valence-corrected chi connectivity index (χ1v) is 11.2. The maximum Gasteiger partial charge on any atom is 0.276 e. The van der Waals surface area contributed by atoms with Crippen molar-refractivity contribution in [3.8, 4) is 5.75 Å². The molecule has 0 saturated heterocycles. The highest BCUT2D eigenvalue weighted by atomic mass is 32.2. The van der Waals surface area contributed by atoms with Gasteiger partial charge in [0.25, 0.3) is 5.91 Å². The number of nitrogens with one attached hydrogen (secondary N) is 1. The summed E-state index contributed by atoms with van der Waals surface area (Å²) in [6.45, 7) is 6.07. The Labute approximate surface area is 180 Å². The summed E-state index contributed by atoms with van der Waals surface area (Å²) in [5.41, 5.74) is 2.45. The van der Waals surface area contributed by atoms with Crippen molar-refractivity contribution in [3.63, 3.8) is 0 Å². The maximum absolute atomic E-state index is 12.9. The first kappa shape index (κ1) is 20.3. The molecule has 0 radical (unpaired) electrons. The van der Waals surface area contributed by atoms with Crippen molar-refractivity contribution in [2.24, 2.45) is 10.1 Å². The molecule has 2 aliphatic rings. The predicted molar refractivity (Wildman–Crippen MR) is 121 cm³/mol. The average Bonchev–Trinajstić information content (AvgIpc) is 2.78. The van der Waals surface area contributed by atoms with Crippen molar-refractivity contribution in [2.75, 3.05) is 31.4 Å². The fraction of sp³-hybridized carbons (Fsp3) is 0.318. The van der Waals surface area contributed by atoms with E-state index in [2.05, 4.69) is 35.2 Å². The monoisotopic (exact) mass is 423 g/mol. The van der Waals surface area contributed by atoms with E-state index in [0.717, 1.165) is 40.7 Å². The molecule has 0 fully saturated rings. The summed E-state index contributed by atoms with van der Waals surface area (Å²) in [5.74, 6) is 0.541. The van der Waals surface area contributed by atoms with Crippen LogP contribution >= 0.6 is 11.8 Å². The van der Waals surface area contributed by atoms with E-state index in [-0.39, 0.29) is 5.91 Å². The molecule has 2 aromatic carbocycles. The van der Waals surface area contributed by atoms with Crippen LogP contribution in [0, 0.1) is 0 Å². The van der Waals surface area contributed by atoms with Crippen LogP contribution in [0.5, 0.6) is 5.75 Å². The zero-order chi connectivity index (χ0) is 21.3. The van der Waals surface area contributed by atoms with E-state index in [1.807, 2.05) is 42.7 Å². The van der Waals surface area contributed by atoms with Gasteiger partial charge >= 0.3 is 0 Å². The molecule has 0 bridgehead atoms. The number of rotatable bonds is 5. The second-order valence-corrected chi connectivity index (χ2v) is 7.67. The molecular formula is C22H25N5O2S. The van der Waals surface area contributed by atoms with Crippen molar-refractivity contribution in [2.45, 2.75) is 20.0 Å². The van der Waals surface area contributed by atoms with Crippen LogP contribution in [0.1, 0.15) is 25.6 Å². The molecule has 2 aliphatic heterocycles. The normalized spacial score (nSPS) is 17.4. The number of para-hydroxylation sites is 1. The van der Waals surface area contributed by atoms with Gasteiger partial charge < -0.3 is 9.64 Å². The number of hydrogen-bond donors (Lipinski definition) is 1. The van der Waals surface area contributed by atoms with Gasteiger partial charge in [-0.3, -0.25) is 15.1 Å². The zero-order valence-corrected chi connectivity index (χ0v) is 18.4. The Balaban J connectivity index is 1.91. The Hall–Kier alpha value is -3.00. The molecular weight excluding hydrogens is 398 g/mol. The molecule has 8 heteroatoms. The van der Waals surface area contributed by atoms with Gasteiger partial charge in [0.2, 0.25) is 0 Å². The van der Waals surface area contributed by atoms with Gasteiger partial charge in [-0.1, -0.05) is 30.0 Å². The molecule has 0 saturated carbocycles. The van der Waals surface area contributed by atoms with E-state index in [1.54, 1.807) is 12.1 Å². The first-order valence-electron chi connectivity index (χ1n) is 9.94. The summed E-state index contributed by atoms with van der Waals surface area (Å²) < 4.78 is 5.75. The number of methoxy groups -OCH3 is 1. The topological polar surface area (TPSA) is 69.5 Å². The highest BCUT2D eigenvalue weighted by Crippen LogP contribution is 2.37. The Morgan fingerprint density at radius 2 is 1.97 bits per heavy atom. The number of fused-ring (bicyclic) bond motifs is 2. The summed E-state index contributed by atoms with van der Waals surface area (Å²) in [5, 5.41) is 11.3. The third-order valence-corrected chi connectivity index (χ3v) is 5.90. The third-order valence-electron chi connectivity index (χ3n) is 5.33. The molecule has 4 rings (SSSR count). The molecule has 2 heterocycles. The lowest BCUT2D eigenvalue weighted by atomic mass is 10.1. The standard InChI is InChI=1S/C22H25N5O2S/c1-5-26(6-2)14-11-12-16(18(13-14)29-3)20-23-17-10-8-7-9-15(17)19-21(28)24-22(30-4)25-27(19)20/h7-13,20H,5-6H2,1-4H3,(H,24,25,28)/t20-/m1/s1. The highest BCUT2D eigenvalue weighted by molar-refractivity contribution is 8.13. The minimum atomic E-state index is -0.496. The van der Waals surface area contributed by atoms with Crippen molar-refractivity contribution in [3.05, 3.63) is 58.6 Å². The summed E-state index contributed by atoms with van der Waals surface area (Å²) in [7, 11) is 1.66. The van der Waals surface area contributed by atoms with Crippen molar-refractivity contribution < 1.29 is 9.53 Å². The lowest BCUT2D eigenvalue weighted by Gasteiger charge is -2.34. The van der Waals surface area contributed by atoms with E-state index in [0.29, 0.717) is 10.9 Å². The molecule has 7 nitrogen and oxygen atoms in total. The van der Waals surface area contributed by atoms with Gasteiger partial charge in [0, 0.05) is 35.6 Å². The number of carbonyl (C=O) groups is 1. The van der Waals surface area contributed by atoms with Crippen molar-refractivity contribution in [1.29, 1.82) is 0 Å². The number of carbonyl (C=O) groups excluding carboxylic acids is 1. The van der Waals surface area contributed by atoms with E-state index >= 15 is 0 Å². The van der Waals surface area contributed by atoms with Crippen LogP contribution < -0.4 is 25.5 Å². The van der Waals surface area contributed by atoms with Crippen LogP contribution in [0.4, 0.5) is 5.69 Å². The van der Waals surface area contributed by atoms with Crippen molar-refractivity contribution in [1.82, 2.24) is 10.3 Å². The minimum Gasteiger partial charge on any atom is -0.496 e. The first-order chi connectivity index (χ1) is 14.6. The quantitative estimate of drug-likeness (QED) is 0.797. The van der Waals surface area contributed by atoms with E-state index in [9.17, 15) is 4.79 Å². The largest absolute Gasteiger partial charge is 0.496 e. The van der Waals surface area contributed by atoms with Crippen LogP contribution in [0.2, 0.25) is 0 Å². The Bertz CT molecular complexity index is 1130. The van der Waals surface area contributed by atoms with Crippen LogP contribution in [-0.4, -0.2) is 42.5 Å². The van der Waals surface area contributed by atoms with Gasteiger partial charge in [0.1, 0.15) is 11.4 Å². The van der Waals surface area contributed by atoms with Gasteiger partial charge in [-0.2, -0.15) is 0 Å². The second-order valence-electron chi connectivity index (χ2n) is 6.88. The van der Waals surface area contributed by atoms with E-state index < -0.39 is 6.17 Å². The summed E-state index contributed by atoms with van der Waals surface area (Å²) >= 11 is 1.39. The molecule has 0 aromatic heterocycles. The van der Waals surface area contributed by atoms with E-state index in [4.69, 9.17) is 9.73 Å². The van der Waals surface area contributed by atoms with Gasteiger partial charge in [0.15, 0.2) is 11.3 Å². The Morgan fingerprint density at radius 3 is 2.67 bits per heavy atom. The summed E-state index contributed by atoms with van der Waals surface area (Å²) in [6.07, 6.45) is 1.39. The summed E-state index contributed by atoms with van der Waals surface area (Å²) in [4.78, 5) is 20.2. The van der Waals surface area contributed by atoms with E-state index in [1.165, 1.54) is 11.8 Å². The second kappa shape index (κ2) is 8.39. The molecule has 0 unspecified atom stereocenters. The lowest BCUT2D eigenvalue weighted by molar-refractivity contribution is -0.116. The molecule has 30 heavy (non-hydrogen) atoms. The molecule has 0 aliphatic carbocycles. The number of benzene rings is 2. The molecule has 0 spiro atoms. The molecule has 156 valence electrons. The average molecular weight is 424 g/mol. The number of hydrazone groups is 1. The smallest absolute Gasteiger partial charge is 0.276 e. The number of ether oxygens (including phenoxy) is 1. The van der Waals surface area contributed by atoms with Gasteiger partial charge in [0.05, 0.1) is 12.5 Å². The molecule has 1 amide bonds. The number of amidine groups is 1. The van der Waals surface area contributed by atoms with Gasteiger partial charge in [-0.05, 0) is 38.3 Å². The molecule has 1 atom stereocenters. The predicted octanol–water partition coefficient (Wildman–Crippen LogP) is 2.05. The summed E-state index contributed by atoms with van der Waals surface area (Å²) in [6, 6.07) is 13.8. The number of amides is 1. The SMILES string of the molecule is CCN(CC)c1ccc([C@@H]2N=c3ccccc3=C3C(=O)NC(SC)=NN32)c(OC)c1. The van der Waals surface area contributed by atoms with Crippen LogP contribution in [0.25, 0.3) is 5.70 Å². The van der Waals surface area contributed by atoms with Crippen LogP contribution in [0.3, 0.4) is 0 Å². The zero-order valence-electron chi connectivity index (χ0n) is 17.5. The minimum absolute atomic E-state index is 0.180. The maximum atomic E-state index is 12.9. The highest BCUT2D eigenvalue weighted by Gasteiger charge is 2.35. The van der Waals surface area contributed by atoms with Gasteiger partial charge in [-0.25, -0.2) is 5.01 Å². The van der Waals surface area contributed by atoms with Crippen LogP contribution in [0.15, 0.2) is 52.6 Å². The number of thioether (sulfide) groups is 1. The van der Waals surface area contributed by atoms with Crippen molar-refractivity contribution >= 4 is 34.2 Å². The van der Waals surface area contributed by atoms with Gasteiger partial charge in [-0.15, -0.1) is 5.10 Å². The lowest BCUT2D eigenvalue weighted by Crippen LogP contribution is -2.50. The Morgan fingerprint density at radius 1 is 1.20 bits per heavy atom. The van der Waals surface area contributed by atoms with Crippen LogP contribution in [-0.2, 0) is 4.79 Å².